The molecule has 2 aromatic rings. The lowest BCUT2D eigenvalue weighted by Gasteiger charge is -2.05. The van der Waals surface area contributed by atoms with Crippen molar-refractivity contribution in [2.75, 3.05) is 7.11 Å². The van der Waals surface area contributed by atoms with E-state index in [-0.39, 0.29) is 12.5 Å². The van der Waals surface area contributed by atoms with Crippen LogP contribution in [0.25, 0.3) is 10.2 Å². The Morgan fingerprint density at radius 2 is 2.10 bits per heavy atom. The fourth-order valence-electron chi connectivity index (χ4n) is 1.69. The normalized spacial score (nSPS) is 11.9. The number of methoxy groups -OCH3 is 1. The summed E-state index contributed by atoms with van der Waals surface area (Å²) in [5.41, 5.74) is 0.603. The third-order valence-corrected chi connectivity index (χ3v) is 3.99. The topological polar surface area (TPSA) is 60.7 Å². The molecule has 0 radical (unpaired) electrons. The predicted molar refractivity (Wildman–Crippen MR) is 78.1 cm³/mol. The molecule has 8 heteroatoms. The first-order valence-electron chi connectivity index (χ1n) is 5.53. The zero-order chi connectivity index (χ0) is 14.9. The van der Waals surface area contributed by atoms with E-state index in [0.717, 1.165) is 4.70 Å². The first kappa shape index (κ1) is 15.0. The summed E-state index contributed by atoms with van der Waals surface area (Å²) in [7, 11) is 1.29. The molecule has 0 N–H and O–H groups in total. The number of fused-ring (bicyclic) bond motifs is 1. The average Bonchev–Trinajstić information content (AvgIpc) is 2.66. The SMILES string of the molecule is COC(=O)Cn1c(=NC(C)=O)sc2cc(Cl)cc(Cl)c21. The number of aromatic nitrogens is 1. The molecule has 0 aliphatic rings. The van der Waals surface area contributed by atoms with Crippen molar-refractivity contribution in [2.24, 2.45) is 4.99 Å². The van der Waals surface area contributed by atoms with Gasteiger partial charge in [0.05, 0.1) is 22.3 Å². The highest BCUT2D eigenvalue weighted by Gasteiger charge is 2.14. The number of carbonyl (C=O) groups is 2. The van der Waals surface area contributed by atoms with E-state index >= 15 is 0 Å². The van der Waals surface area contributed by atoms with E-state index in [2.05, 4.69) is 9.73 Å². The average molecular weight is 333 g/mol. The third-order valence-electron chi connectivity index (χ3n) is 2.46. The van der Waals surface area contributed by atoms with E-state index in [1.165, 1.54) is 25.4 Å². The van der Waals surface area contributed by atoms with Gasteiger partial charge in [0.25, 0.3) is 0 Å². The Hall–Kier alpha value is -1.37. The van der Waals surface area contributed by atoms with Gasteiger partial charge in [0.1, 0.15) is 6.54 Å². The minimum absolute atomic E-state index is 0.0794. The zero-order valence-electron chi connectivity index (χ0n) is 10.6. The summed E-state index contributed by atoms with van der Waals surface area (Å²) < 4.78 is 6.93. The van der Waals surface area contributed by atoms with Gasteiger partial charge in [-0.3, -0.25) is 9.59 Å². The molecule has 106 valence electrons. The molecule has 2 rings (SSSR count). The summed E-state index contributed by atoms with van der Waals surface area (Å²) in [6, 6.07) is 3.28. The predicted octanol–water partition coefficient (Wildman–Crippen LogP) is 2.63. The van der Waals surface area contributed by atoms with Gasteiger partial charge in [0, 0.05) is 11.9 Å². The molecule has 0 saturated heterocycles. The van der Waals surface area contributed by atoms with E-state index in [0.29, 0.717) is 20.4 Å². The number of ether oxygens (including phenoxy) is 1. The maximum Gasteiger partial charge on any atom is 0.325 e. The van der Waals surface area contributed by atoms with Gasteiger partial charge in [-0.15, -0.1) is 0 Å². The number of hydrogen-bond donors (Lipinski definition) is 0. The van der Waals surface area contributed by atoms with Gasteiger partial charge in [-0.05, 0) is 12.1 Å². The Kier molecular flexibility index (Phi) is 4.47. The van der Waals surface area contributed by atoms with Crippen molar-refractivity contribution in [2.45, 2.75) is 13.5 Å². The van der Waals surface area contributed by atoms with Crippen molar-refractivity contribution in [1.82, 2.24) is 4.57 Å². The van der Waals surface area contributed by atoms with Crippen LogP contribution in [-0.2, 0) is 20.9 Å². The summed E-state index contributed by atoms with van der Waals surface area (Å²) in [4.78, 5) is 27.0. The number of thiazole rings is 1. The molecule has 1 amide bonds. The number of carbonyl (C=O) groups excluding carboxylic acids is 2. The molecular weight excluding hydrogens is 323 g/mol. The number of amides is 1. The number of nitrogens with zero attached hydrogens (tertiary/aromatic N) is 2. The van der Waals surface area contributed by atoms with Crippen molar-refractivity contribution in [3.05, 3.63) is 27.0 Å². The van der Waals surface area contributed by atoms with Crippen LogP contribution in [0, 0.1) is 0 Å². The van der Waals surface area contributed by atoms with Crippen molar-refractivity contribution in [1.29, 1.82) is 0 Å². The van der Waals surface area contributed by atoms with E-state index in [4.69, 9.17) is 23.2 Å². The number of rotatable bonds is 2. The Morgan fingerprint density at radius 1 is 1.40 bits per heavy atom. The molecule has 0 spiro atoms. The van der Waals surface area contributed by atoms with Crippen LogP contribution >= 0.6 is 34.5 Å². The smallest absolute Gasteiger partial charge is 0.325 e. The van der Waals surface area contributed by atoms with Gasteiger partial charge in [0.2, 0.25) is 5.91 Å². The van der Waals surface area contributed by atoms with Crippen LogP contribution in [0.1, 0.15) is 6.92 Å². The lowest BCUT2D eigenvalue weighted by Crippen LogP contribution is -2.22. The molecule has 0 fully saturated rings. The summed E-state index contributed by atoms with van der Waals surface area (Å²) in [5, 5.41) is 0.862. The molecule has 1 aromatic carbocycles. The number of benzene rings is 1. The van der Waals surface area contributed by atoms with Crippen molar-refractivity contribution in [3.8, 4) is 0 Å². The second-order valence-corrected chi connectivity index (χ2v) is 5.76. The Morgan fingerprint density at radius 3 is 2.70 bits per heavy atom. The highest BCUT2D eigenvalue weighted by atomic mass is 35.5. The van der Waals surface area contributed by atoms with Crippen LogP contribution in [0.5, 0.6) is 0 Å². The quantitative estimate of drug-likeness (QED) is 0.794. The Bertz CT molecular complexity index is 764. The molecule has 0 aliphatic carbocycles. The highest BCUT2D eigenvalue weighted by molar-refractivity contribution is 7.16. The lowest BCUT2D eigenvalue weighted by atomic mass is 10.3. The summed E-state index contributed by atoms with van der Waals surface area (Å²) in [6.45, 7) is 1.26. The summed E-state index contributed by atoms with van der Waals surface area (Å²) in [6.07, 6.45) is 0. The van der Waals surface area contributed by atoms with Crippen LogP contribution in [-0.4, -0.2) is 23.6 Å². The first-order chi connectivity index (χ1) is 9.42. The van der Waals surface area contributed by atoms with Gasteiger partial charge in [-0.1, -0.05) is 34.5 Å². The van der Waals surface area contributed by atoms with Gasteiger partial charge >= 0.3 is 5.97 Å². The number of halogens is 2. The molecule has 0 atom stereocenters. The molecule has 1 aromatic heterocycles. The fraction of sp³-hybridized carbons (Fsp3) is 0.250. The highest BCUT2D eigenvalue weighted by Crippen LogP contribution is 2.29. The van der Waals surface area contributed by atoms with Crippen molar-refractivity contribution < 1.29 is 14.3 Å². The molecule has 0 saturated carbocycles. The molecule has 20 heavy (non-hydrogen) atoms. The molecule has 1 heterocycles. The molecular formula is C12H10Cl2N2O3S. The maximum absolute atomic E-state index is 11.5. The minimum atomic E-state index is -0.458. The number of esters is 1. The lowest BCUT2D eigenvalue weighted by molar-refractivity contribution is -0.141. The maximum atomic E-state index is 11.5. The van der Waals surface area contributed by atoms with E-state index < -0.39 is 5.97 Å². The van der Waals surface area contributed by atoms with Crippen LogP contribution < -0.4 is 4.80 Å². The van der Waals surface area contributed by atoms with Crippen LogP contribution in [0.4, 0.5) is 0 Å². The zero-order valence-corrected chi connectivity index (χ0v) is 13.0. The Labute approximate surface area is 128 Å². The fourth-order valence-corrected chi connectivity index (χ4v) is 3.55. The Balaban J connectivity index is 2.78. The third kappa shape index (κ3) is 3.03. The first-order valence-corrected chi connectivity index (χ1v) is 7.10. The summed E-state index contributed by atoms with van der Waals surface area (Å²) >= 11 is 13.3. The van der Waals surface area contributed by atoms with Crippen LogP contribution in [0.2, 0.25) is 10.0 Å². The summed E-state index contributed by atoms with van der Waals surface area (Å²) in [5.74, 6) is -0.821. The minimum Gasteiger partial charge on any atom is -0.468 e. The number of hydrogen-bond acceptors (Lipinski definition) is 4. The molecule has 0 unspecified atom stereocenters. The van der Waals surface area contributed by atoms with E-state index in [1.807, 2.05) is 0 Å². The van der Waals surface area contributed by atoms with Crippen LogP contribution in [0.15, 0.2) is 17.1 Å². The molecule has 0 bridgehead atoms. The van der Waals surface area contributed by atoms with Gasteiger partial charge in [-0.2, -0.15) is 4.99 Å². The standard InChI is InChI=1S/C12H10Cl2N2O3S/c1-6(17)15-12-16(5-10(18)19-2)11-8(14)3-7(13)4-9(11)20-12/h3-4H,5H2,1-2H3. The second kappa shape index (κ2) is 5.95. The monoisotopic (exact) mass is 332 g/mol. The van der Waals surface area contributed by atoms with Gasteiger partial charge in [-0.25, -0.2) is 0 Å². The largest absolute Gasteiger partial charge is 0.468 e. The van der Waals surface area contributed by atoms with E-state index in [1.54, 1.807) is 16.7 Å². The van der Waals surface area contributed by atoms with Gasteiger partial charge in [0.15, 0.2) is 4.80 Å². The molecule has 5 nitrogen and oxygen atoms in total. The van der Waals surface area contributed by atoms with Crippen molar-refractivity contribution >= 4 is 56.6 Å². The second-order valence-electron chi connectivity index (χ2n) is 3.91. The van der Waals surface area contributed by atoms with E-state index in [9.17, 15) is 9.59 Å². The van der Waals surface area contributed by atoms with Crippen molar-refractivity contribution in [3.63, 3.8) is 0 Å². The van der Waals surface area contributed by atoms with Gasteiger partial charge < -0.3 is 9.30 Å². The van der Waals surface area contributed by atoms with Crippen LogP contribution in [0.3, 0.4) is 0 Å². The molecule has 0 aliphatic heterocycles.